The highest BCUT2D eigenvalue weighted by Crippen LogP contribution is 2.11. The number of carbonyl (C=O) groups is 1. The summed E-state index contributed by atoms with van der Waals surface area (Å²) in [5.74, 6) is -0.368. The maximum absolute atomic E-state index is 12.2. The van der Waals surface area contributed by atoms with Crippen LogP contribution in [-0.2, 0) is 0 Å². The highest BCUT2D eigenvalue weighted by molar-refractivity contribution is 9.10. The van der Waals surface area contributed by atoms with Crippen molar-refractivity contribution in [3.8, 4) is 0 Å². The van der Waals surface area contributed by atoms with Crippen LogP contribution in [0.2, 0.25) is 0 Å². The number of carbonyl (C=O) groups excluding carboxylic acids is 1. The lowest BCUT2D eigenvalue weighted by Crippen LogP contribution is -2.18. The third-order valence-electron chi connectivity index (χ3n) is 3.16. The lowest BCUT2D eigenvalue weighted by Gasteiger charge is -2.00. The van der Waals surface area contributed by atoms with Crippen molar-refractivity contribution in [2.75, 3.05) is 0 Å². The Bertz CT molecular complexity index is 963. The molecule has 0 unspecified atom stereocenters. The summed E-state index contributed by atoms with van der Waals surface area (Å²) in [6, 6.07) is 13.9. The number of hydrazone groups is 1. The first-order valence-corrected chi connectivity index (χ1v) is 7.54. The van der Waals surface area contributed by atoms with E-state index in [1.54, 1.807) is 42.5 Å². The predicted octanol–water partition coefficient (Wildman–Crippen LogP) is 3.32. The number of rotatable bonds is 3. The van der Waals surface area contributed by atoms with Gasteiger partial charge in [-0.25, -0.2) is 5.43 Å². The van der Waals surface area contributed by atoms with E-state index < -0.39 is 0 Å². The summed E-state index contributed by atoms with van der Waals surface area (Å²) in [6.45, 7) is 0. The number of benzene rings is 2. The van der Waals surface area contributed by atoms with E-state index in [4.69, 9.17) is 4.42 Å². The Morgan fingerprint density at radius 2 is 2.00 bits per heavy atom. The smallest absolute Gasteiger partial charge is 0.271 e. The van der Waals surface area contributed by atoms with Crippen LogP contribution in [0.25, 0.3) is 11.0 Å². The van der Waals surface area contributed by atoms with Crippen LogP contribution in [0, 0.1) is 0 Å². The molecule has 0 bridgehead atoms. The van der Waals surface area contributed by atoms with Crippen molar-refractivity contribution in [2.24, 2.45) is 5.10 Å². The maximum atomic E-state index is 12.2. The highest BCUT2D eigenvalue weighted by atomic mass is 79.9. The van der Waals surface area contributed by atoms with Gasteiger partial charge in [-0.1, -0.05) is 34.1 Å². The van der Waals surface area contributed by atoms with Crippen LogP contribution in [-0.4, -0.2) is 12.1 Å². The molecule has 0 radical (unpaired) electrons. The SMILES string of the molecule is O=C(N/N=C/c1coc2ccccc2c1=O)c1cccc(Br)c1. The van der Waals surface area contributed by atoms with Gasteiger partial charge in [0.15, 0.2) is 0 Å². The molecule has 0 saturated carbocycles. The second-order valence-electron chi connectivity index (χ2n) is 4.73. The van der Waals surface area contributed by atoms with Crippen LogP contribution < -0.4 is 10.9 Å². The summed E-state index contributed by atoms with van der Waals surface area (Å²) in [7, 11) is 0. The molecule has 1 aromatic heterocycles. The number of halogens is 1. The van der Waals surface area contributed by atoms with Crippen LogP contribution >= 0.6 is 15.9 Å². The van der Waals surface area contributed by atoms with Gasteiger partial charge in [-0.15, -0.1) is 0 Å². The number of para-hydroxylation sites is 1. The molecule has 1 amide bonds. The lowest BCUT2D eigenvalue weighted by molar-refractivity contribution is 0.0955. The van der Waals surface area contributed by atoms with Crippen molar-refractivity contribution < 1.29 is 9.21 Å². The van der Waals surface area contributed by atoms with Gasteiger partial charge in [0.05, 0.1) is 17.2 Å². The Balaban J connectivity index is 1.79. The molecular formula is C17H11BrN2O3. The number of nitrogens with one attached hydrogen (secondary N) is 1. The molecule has 23 heavy (non-hydrogen) atoms. The number of hydrogen-bond acceptors (Lipinski definition) is 4. The Kier molecular flexibility index (Phi) is 4.34. The van der Waals surface area contributed by atoms with Gasteiger partial charge in [0.1, 0.15) is 11.8 Å². The van der Waals surface area contributed by atoms with Gasteiger partial charge in [0.2, 0.25) is 5.43 Å². The van der Waals surface area contributed by atoms with Gasteiger partial charge in [-0.05, 0) is 30.3 Å². The summed E-state index contributed by atoms with van der Waals surface area (Å²) in [5.41, 5.74) is 3.41. The molecule has 0 aliphatic carbocycles. The summed E-state index contributed by atoms with van der Waals surface area (Å²) in [5, 5.41) is 4.28. The van der Waals surface area contributed by atoms with Gasteiger partial charge in [-0.3, -0.25) is 9.59 Å². The standard InChI is InChI=1S/C17H11BrN2O3/c18-13-5-3-4-11(8-13)17(22)20-19-9-12-10-23-15-7-2-1-6-14(15)16(12)21/h1-10H,(H,20,22)/b19-9+. The molecule has 0 aliphatic heterocycles. The Hall–Kier alpha value is -2.73. The molecule has 114 valence electrons. The molecule has 1 N–H and O–H groups in total. The van der Waals surface area contributed by atoms with E-state index in [2.05, 4.69) is 26.5 Å². The zero-order valence-electron chi connectivity index (χ0n) is 11.8. The van der Waals surface area contributed by atoms with E-state index in [1.807, 2.05) is 6.07 Å². The number of hydrogen-bond donors (Lipinski definition) is 1. The van der Waals surface area contributed by atoms with Gasteiger partial charge in [-0.2, -0.15) is 5.10 Å². The number of nitrogens with zero attached hydrogens (tertiary/aromatic N) is 1. The summed E-state index contributed by atoms with van der Waals surface area (Å²) < 4.78 is 6.17. The second kappa shape index (κ2) is 6.58. The predicted molar refractivity (Wildman–Crippen MR) is 91.7 cm³/mol. The van der Waals surface area contributed by atoms with Gasteiger partial charge in [0, 0.05) is 10.0 Å². The van der Waals surface area contributed by atoms with Crippen molar-refractivity contribution in [3.63, 3.8) is 0 Å². The zero-order chi connectivity index (χ0) is 16.2. The summed E-state index contributed by atoms with van der Waals surface area (Å²) in [4.78, 5) is 24.2. The molecule has 0 atom stereocenters. The monoisotopic (exact) mass is 370 g/mol. The van der Waals surface area contributed by atoms with E-state index in [1.165, 1.54) is 12.5 Å². The van der Waals surface area contributed by atoms with Crippen LogP contribution in [0.1, 0.15) is 15.9 Å². The van der Waals surface area contributed by atoms with E-state index in [0.29, 0.717) is 16.5 Å². The largest absolute Gasteiger partial charge is 0.463 e. The molecule has 5 nitrogen and oxygen atoms in total. The zero-order valence-corrected chi connectivity index (χ0v) is 13.4. The molecule has 6 heteroatoms. The van der Waals surface area contributed by atoms with Crippen LogP contribution in [0.15, 0.2) is 73.6 Å². The number of amides is 1. The first-order chi connectivity index (χ1) is 11.1. The minimum absolute atomic E-state index is 0.202. The molecule has 0 spiro atoms. The highest BCUT2D eigenvalue weighted by Gasteiger charge is 2.06. The van der Waals surface area contributed by atoms with E-state index >= 15 is 0 Å². The third kappa shape index (κ3) is 3.37. The Labute approximate surface area is 139 Å². The average Bonchev–Trinajstić information content (AvgIpc) is 2.57. The van der Waals surface area contributed by atoms with Crippen LogP contribution in [0.3, 0.4) is 0 Å². The van der Waals surface area contributed by atoms with Crippen molar-refractivity contribution >= 4 is 39.0 Å². The first kappa shape index (κ1) is 15.2. The molecule has 2 aromatic carbocycles. The second-order valence-corrected chi connectivity index (χ2v) is 5.64. The summed E-state index contributed by atoms with van der Waals surface area (Å²) in [6.07, 6.45) is 2.59. The molecule has 0 aliphatic rings. The molecule has 3 rings (SSSR count). The quantitative estimate of drug-likeness (QED) is 0.567. The van der Waals surface area contributed by atoms with Crippen molar-refractivity contribution in [3.05, 3.63) is 80.6 Å². The minimum atomic E-state index is -0.368. The van der Waals surface area contributed by atoms with E-state index in [-0.39, 0.29) is 16.9 Å². The van der Waals surface area contributed by atoms with E-state index in [9.17, 15) is 9.59 Å². The lowest BCUT2D eigenvalue weighted by atomic mass is 10.2. The number of fused-ring (bicyclic) bond motifs is 1. The first-order valence-electron chi connectivity index (χ1n) is 6.74. The van der Waals surface area contributed by atoms with Gasteiger partial charge < -0.3 is 4.42 Å². The molecular weight excluding hydrogens is 360 g/mol. The van der Waals surface area contributed by atoms with Gasteiger partial charge >= 0.3 is 0 Å². The fourth-order valence-electron chi connectivity index (χ4n) is 2.04. The third-order valence-corrected chi connectivity index (χ3v) is 3.66. The molecule has 0 fully saturated rings. The minimum Gasteiger partial charge on any atom is -0.463 e. The van der Waals surface area contributed by atoms with Crippen molar-refractivity contribution in [1.29, 1.82) is 0 Å². The van der Waals surface area contributed by atoms with E-state index in [0.717, 1.165) is 4.47 Å². The normalized spacial score (nSPS) is 11.0. The van der Waals surface area contributed by atoms with Crippen molar-refractivity contribution in [1.82, 2.24) is 5.43 Å². The van der Waals surface area contributed by atoms with Crippen LogP contribution in [0.4, 0.5) is 0 Å². The average molecular weight is 371 g/mol. The fourth-order valence-corrected chi connectivity index (χ4v) is 2.44. The molecule has 0 saturated heterocycles. The van der Waals surface area contributed by atoms with Crippen molar-refractivity contribution in [2.45, 2.75) is 0 Å². The Morgan fingerprint density at radius 3 is 2.83 bits per heavy atom. The molecule has 1 heterocycles. The summed E-state index contributed by atoms with van der Waals surface area (Å²) >= 11 is 3.30. The van der Waals surface area contributed by atoms with Gasteiger partial charge in [0.25, 0.3) is 5.91 Å². The fraction of sp³-hybridized carbons (Fsp3) is 0. The topological polar surface area (TPSA) is 71.7 Å². The Morgan fingerprint density at radius 1 is 1.17 bits per heavy atom. The van der Waals surface area contributed by atoms with Crippen LogP contribution in [0.5, 0.6) is 0 Å². The maximum Gasteiger partial charge on any atom is 0.271 e. The molecule has 3 aromatic rings.